The zero-order valence-corrected chi connectivity index (χ0v) is 9.89. The molecule has 2 rings (SSSR count). The third-order valence-corrected chi connectivity index (χ3v) is 3.41. The summed E-state index contributed by atoms with van der Waals surface area (Å²) in [6.07, 6.45) is 2.34. The van der Waals surface area contributed by atoms with Crippen molar-refractivity contribution in [1.29, 1.82) is 0 Å². The number of benzene rings is 1. The van der Waals surface area contributed by atoms with Crippen LogP contribution >= 0.6 is 0 Å². The number of rotatable bonds is 3. The fourth-order valence-corrected chi connectivity index (χ4v) is 2.35. The van der Waals surface area contributed by atoms with E-state index in [1.54, 1.807) is 6.07 Å². The molecule has 0 spiro atoms. The first-order valence-corrected chi connectivity index (χ1v) is 5.90. The minimum atomic E-state index is -0.958. The Bertz CT molecular complexity index is 425. The second-order valence-corrected chi connectivity index (χ2v) is 4.50. The number of hydrogen-bond acceptors (Lipinski definition) is 3. The molecule has 0 radical (unpaired) electrons. The first-order chi connectivity index (χ1) is 8.09. The highest BCUT2D eigenvalue weighted by atomic mass is 16.4. The number of aromatic carboxylic acids is 1. The molecule has 17 heavy (non-hydrogen) atoms. The van der Waals surface area contributed by atoms with Crippen molar-refractivity contribution in [3.63, 3.8) is 0 Å². The molecule has 1 heterocycles. The fourth-order valence-electron chi connectivity index (χ4n) is 2.35. The van der Waals surface area contributed by atoms with Gasteiger partial charge >= 0.3 is 5.97 Å². The topological polar surface area (TPSA) is 60.8 Å². The van der Waals surface area contributed by atoms with E-state index >= 15 is 0 Å². The van der Waals surface area contributed by atoms with E-state index in [1.807, 2.05) is 6.92 Å². The molecule has 92 valence electrons. The Kier molecular flexibility index (Phi) is 3.33. The van der Waals surface area contributed by atoms with Gasteiger partial charge in [0.2, 0.25) is 0 Å². The van der Waals surface area contributed by atoms with Gasteiger partial charge in [-0.15, -0.1) is 0 Å². The number of nitrogens with zero attached hydrogens (tertiary/aromatic N) is 1. The number of hydrogen-bond donors (Lipinski definition) is 2. The van der Waals surface area contributed by atoms with Crippen LogP contribution in [0.25, 0.3) is 0 Å². The van der Waals surface area contributed by atoms with Crippen molar-refractivity contribution >= 4 is 5.97 Å². The highest BCUT2D eigenvalue weighted by Gasteiger charge is 2.22. The Hall–Kier alpha value is -1.55. The second kappa shape index (κ2) is 4.75. The van der Waals surface area contributed by atoms with E-state index in [2.05, 4.69) is 4.90 Å². The molecule has 0 bridgehead atoms. The van der Waals surface area contributed by atoms with E-state index in [-0.39, 0.29) is 17.4 Å². The van der Waals surface area contributed by atoms with Gasteiger partial charge in [-0.3, -0.25) is 4.90 Å². The second-order valence-electron chi connectivity index (χ2n) is 4.50. The number of carboxylic acids is 1. The molecule has 0 aliphatic carbocycles. The van der Waals surface area contributed by atoms with Gasteiger partial charge in [-0.25, -0.2) is 4.79 Å². The zero-order chi connectivity index (χ0) is 12.4. The van der Waals surface area contributed by atoms with E-state index in [1.165, 1.54) is 25.0 Å². The predicted octanol–water partition coefficient (Wildman–Crippen LogP) is 2.25. The number of aromatic hydroxyl groups is 1. The van der Waals surface area contributed by atoms with Gasteiger partial charge in [-0.2, -0.15) is 0 Å². The quantitative estimate of drug-likeness (QED) is 0.843. The smallest absolute Gasteiger partial charge is 0.335 e. The van der Waals surface area contributed by atoms with Gasteiger partial charge in [0, 0.05) is 11.6 Å². The Morgan fingerprint density at radius 1 is 1.35 bits per heavy atom. The van der Waals surface area contributed by atoms with Crippen molar-refractivity contribution in [2.45, 2.75) is 25.8 Å². The number of carboxylic acid groups (broad SMARTS) is 1. The SMILES string of the molecule is CC(c1cc(C(=O)O)ccc1O)N1CCCC1. The van der Waals surface area contributed by atoms with Gasteiger partial charge in [0.15, 0.2) is 0 Å². The summed E-state index contributed by atoms with van der Waals surface area (Å²) in [6, 6.07) is 4.53. The maximum atomic E-state index is 10.9. The molecule has 2 N–H and O–H groups in total. The van der Waals surface area contributed by atoms with Crippen molar-refractivity contribution < 1.29 is 15.0 Å². The number of carbonyl (C=O) groups is 1. The molecule has 1 unspecified atom stereocenters. The van der Waals surface area contributed by atoms with Crippen LogP contribution in [0.3, 0.4) is 0 Å². The normalized spacial score (nSPS) is 18.2. The van der Waals surface area contributed by atoms with Crippen LogP contribution in [0.1, 0.15) is 41.7 Å². The molecule has 1 aromatic rings. The molecule has 4 heteroatoms. The molecule has 1 atom stereocenters. The summed E-state index contributed by atoms with van der Waals surface area (Å²) in [5, 5.41) is 18.8. The highest BCUT2D eigenvalue weighted by Crippen LogP contribution is 2.31. The molecular weight excluding hydrogens is 218 g/mol. The lowest BCUT2D eigenvalue weighted by molar-refractivity contribution is 0.0696. The lowest BCUT2D eigenvalue weighted by atomic mass is 10.0. The fraction of sp³-hybridized carbons (Fsp3) is 0.462. The zero-order valence-electron chi connectivity index (χ0n) is 9.89. The van der Waals surface area contributed by atoms with Crippen molar-refractivity contribution in [3.05, 3.63) is 29.3 Å². The minimum Gasteiger partial charge on any atom is -0.508 e. The molecule has 0 amide bonds. The van der Waals surface area contributed by atoms with Crippen LogP contribution in [-0.4, -0.2) is 34.2 Å². The van der Waals surface area contributed by atoms with E-state index < -0.39 is 5.97 Å². The number of phenolic OH excluding ortho intramolecular Hbond substituents is 1. The average molecular weight is 235 g/mol. The Morgan fingerprint density at radius 2 is 2.00 bits per heavy atom. The highest BCUT2D eigenvalue weighted by molar-refractivity contribution is 5.88. The summed E-state index contributed by atoms with van der Waals surface area (Å²) in [5.74, 6) is -0.783. The monoisotopic (exact) mass is 235 g/mol. The van der Waals surface area contributed by atoms with E-state index in [9.17, 15) is 9.90 Å². The largest absolute Gasteiger partial charge is 0.508 e. The Balaban J connectivity index is 2.29. The third-order valence-electron chi connectivity index (χ3n) is 3.41. The first-order valence-electron chi connectivity index (χ1n) is 5.90. The van der Waals surface area contributed by atoms with E-state index in [0.29, 0.717) is 5.56 Å². The third kappa shape index (κ3) is 2.42. The Labute approximate surface area is 100 Å². The summed E-state index contributed by atoms with van der Waals surface area (Å²) < 4.78 is 0. The summed E-state index contributed by atoms with van der Waals surface area (Å²) in [5.41, 5.74) is 0.927. The van der Waals surface area contributed by atoms with Crippen molar-refractivity contribution in [1.82, 2.24) is 4.90 Å². The van der Waals surface area contributed by atoms with Gasteiger partial charge < -0.3 is 10.2 Å². The summed E-state index contributed by atoms with van der Waals surface area (Å²) in [6.45, 7) is 4.03. The van der Waals surface area contributed by atoms with Gasteiger partial charge in [-0.05, 0) is 51.1 Å². The standard InChI is InChI=1S/C13H17NO3/c1-9(14-6-2-3-7-14)11-8-10(13(16)17)4-5-12(11)15/h4-5,8-9,15H,2-3,6-7H2,1H3,(H,16,17). The minimum absolute atomic E-state index is 0.0665. The van der Waals surface area contributed by atoms with Gasteiger partial charge in [0.1, 0.15) is 5.75 Å². The average Bonchev–Trinajstić information content (AvgIpc) is 2.81. The molecule has 1 fully saturated rings. The number of phenols is 1. The summed E-state index contributed by atoms with van der Waals surface area (Å²) in [7, 11) is 0. The van der Waals surface area contributed by atoms with Crippen molar-refractivity contribution in [3.8, 4) is 5.75 Å². The van der Waals surface area contributed by atoms with Crippen molar-refractivity contribution in [2.24, 2.45) is 0 Å². The molecule has 0 aromatic heterocycles. The molecule has 1 aliphatic rings. The van der Waals surface area contributed by atoms with Gasteiger partial charge in [0.25, 0.3) is 0 Å². The van der Waals surface area contributed by atoms with E-state index in [0.717, 1.165) is 13.1 Å². The van der Waals surface area contributed by atoms with Crippen LogP contribution in [0.4, 0.5) is 0 Å². The molecule has 1 saturated heterocycles. The number of likely N-dealkylation sites (tertiary alicyclic amines) is 1. The molecule has 0 saturated carbocycles. The summed E-state index contributed by atoms with van der Waals surface area (Å²) >= 11 is 0. The maximum Gasteiger partial charge on any atom is 0.335 e. The van der Waals surface area contributed by atoms with E-state index in [4.69, 9.17) is 5.11 Å². The molecule has 1 aliphatic heterocycles. The van der Waals surface area contributed by atoms with Gasteiger partial charge in [-0.1, -0.05) is 0 Å². The van der Waals surface area contributed by atoms with Crippen LogP contribution < -0.4 is 0 Å². The maximum absolute atomic E-state index is 10.9. The molecule has 4 nitrogen and oxygen atoms in total. The van der Waals surface area contributed by atoms with Crippen LogP contribution in [-0.2, 0) is 0 Å². The molecular formula is C13H17NO3. The lowest BCUT2D eigenvalue weighted by Crippen LogP contribution is -2.23. The molecule has 1 aromatic carbocycles. The Morgan fingerprint density at radius 3 is 2.59 bits per heavy atom. The summed E-state index contributed by atoms with van der Waals surface area (Å²) in [4.78, 5) is 13.2. The van der Waals surface area contributed by atoms with Gasteiger partial charge in [0.05, 0.1) is 5.56 Å². The van der Waals surface area contributed by atoms with Crippen LogP contribution in [0.15, 0.2) is 18.2 Å². The predicted molar refractivity (Wildman–Crippen MR) is 64.3 cm³/mol. The van der Waals surface area contributed by atoms with Crippen molar-refractivity contribution in [2.75, 3.05) is 13.1 Å². The van der Waals surface area contributed by atoms with Crippen LogP contribution in [0, 0.1) is 0 Å². The lowest BCUT2D eigenvalue weighted by Gasteiger charge is -2.24. The first kappa shape index (κ1) is 11.9. The van der Waals surface area contributed by atoms with Crippen LogP contribution in [0.2, 0.25) is 0 Å². The van der Waals surface area contributed by atoms with Crippen LogP contribution in [0.5, 0.6) is 5.75 Å².